The molecule has 0 saturated heterocycles. The van der Waals surface area contributed by atoms with Crippen molar-refractivity contribution in [2.75, 3.05) is 0 Å². The van der Waals surface area contributed by atoms with E-state index in [1.807, 2.05) is 0 Å². The number of carbonyl (C=O) groups excluding carboxylic acids is 1. The van der Waals surface area contributed by atoms with E-state index in [-0.39, 0.29) is 23.7 Å². The summed E-state index contributed by atoms with van der Waals surface area (Å²) in [5, 5.41) is 0. The van der Waals surface area contributed by atoms with Crippen molar-refractivity contribution in [3.05, 3.63) is 89.5 Å². The Hall–Kier alpha value is -3.08. The number of ketones is 1. The van der Waals surface area contributed by atoms with Crippen LogP contribution in [-0.2, 0) is 12.8 Å². The van der Waals surface area contributed by atoms with Gasteiger partial charge in [-0.2, -0.15) is 13.2 Å². The minimum absolute atomic E-state index is 0.0474. The van der Waals surface area contributed by atoms with Gasteiger partial charge in [-0.1, -0.05) is 60.7 Å². The second kappa shape index (κ2) is 7.66. The summed E-state index contributed by atoms with van der Waals surface area (Å²) in [5.74, 6) is 0.0893. The molecule has 0 aliphatic carbocycles. The molecular weight excluding hydrogens is 353 g/mol. The number of ether oxygens (including phenoxy) is 1. The molecule has 3 aromatic rings. The highest BCUT2D eigenvalue weighted by Crippen LogP contribution is 2.39. The number of Topliss-reactive ketones (excluding diaryl/α,β-unsaturated/α-hetero) is 1. The molecule has 27 heavy (non-hydrogen) atoms. The van der Waals surface area contributed by atoms with Gasteiger partial charge in [0.25, 0.3) is 0 Å². The summed E-state index contributed by atoms with van der Waals surface area (Å²) >= 11 is 0. The van der Waals surface area contributed by atoms with Gasteiger partial charge in [0.05, 0.1) is 5.56 Å². The Morgan fingerprint density at radius 3 is 2.19 bits per heavy atom. The first kappa shape index (κ1) is 18.7. The molecule has 138 valence electrons. The maximum Gasteiger partial charge on any atom is 0.417 e. The normalized spacial score (nSPS) is 11.3. The largest absolute Gasteiger partial charge is 0.489 e. The Labute approximate surface area is 155 Å². The summed E-state index contributed by atoms with van der Waals surface area (Å²) in [6.45, 7) is 1.58. The molecule has 0 radical (unpaired) electrons. The lowest BCUT2D eigenvalue weighted by atomic mass is 9.99. The summed E-state index contributed by atoms with van der Waals surface area (Å²) < 4.78 is 46.1. The molecule has 0 aliphatic heterocycles. The number of alkyl halides is 3. The molecule has 0 unspecified atom stereocenters. The molecule has 0 N–H and O–H groups in total. The van der Waals surface area contributed by atoms with E-state index in [9.17, 15) is 18.0 Å². The van der Waals surface area contributed by atoms with Crippen LogP contribution in [-0.4, -0.2) is 5.78 Å². The van der Waals surface area contributed by atoms with Gasteiger partial charge in [-0.3, -0.25) is 4.79 Å². The summed E-state index contributed by atoms with van der Waals surface area (Å²) in [5.41, 5.74) is 1.21. The highest BCUT2D eigenvalue weighted by atomic mass is 19.4. The molecule has 3 aromatic carbocycles. The van der Waals surface area contributed by atoms with Crippen molar-refractivity contribution in [1.82, 2.24) is 0 Å². The van der Waals surface area contributed by atoms with Gasteiger partial charge in [0, 0.05) is 5.56 Å². The standard InChI is InChI=1S/C22H17F3O2/c1-15(26)17-9-7-16(8-10-17)14-27-19-11-12-20(18-5-3-2-4-6-18)21(13-19)22(23,24)25/h2-13H,14H2,1H3. The summed E-state index contributed by atoms with van der Waals surface area (Å²) in [4.78, 5) is 11.3. The van der Waals surface area contributed by atoms with Crippen LogP contribution in [0.2, 0.25) is 0 Å². The molecule has 0 heterocycles. The average Bonchev–Trinajstić information content (AvgIpc) is 2.66. The van der Waals surface area contributed by atoms with E-state index in [1.54, 1.807) is 54.6 Å². The first-order valence-electron chi connectivity index (χ1n) is 8.34. The number of carbonyl (C=O) groups is 1. The molecule has 0 aliphatic rings. The number of rotatable bonds is 5. The Morgan fingerprint density at radius 2 is 1.59 bits per heavy atom. The van der Waals surface area contributed by atoms with Crippen LogP contribution in [0.25, 0.3) is 11.1 Å². The van der Waals surface area contributed by atoms with E-state index in [4.69, 9.17) is 4.74 Å². The van der Waals surface area contributed by atoms with Crippen LogP contribution in [0.5, 0.6) is 5.75 Å². The number of hydrogen-bond donors (Lipinski definition) is 0. The van der Waals surface area contributed by atoms with Crippen LogP contribution < -0.4 is 4.74 Å². The first-order chi connectivity index (χ1) is 12.8. The minimum Gasteiger partial charge on any atom is -0.489 e. The van der Waals surface area contributed by atoms with Crippen molar-refractivity contribution >= 4 is 5.78 Å². The van der Waals surface area contributed by atoms with Gasteiger partial charge < -0.3 is 4.74 Å². The topological polar surface area (TPSA) is 26.3 Å². The van der Waals surface area contributed by atoms with Crippen LogP contribution in [0.4, 0.5) is 13.2 Å². The Morgan fingerprint density at radius 1 is 0.926 bits per heavy atom. The number of benzene rings is 3. The fourth-order valence-corrected chi connectivity index (χ4v) is 2.72. The zero-order chi connectivity index (χ0) is 19.4. The lowest BCUT2D eigenvalue weighted by Crippen LogP contribution is -2.08. The number of halogens is 3. The van der Waals surface area contributed by atoms with Gasteiger partial charge in [0.1, 0.15) is 12.4 Å². The molecule has 5 heteroatoms. The summed E-state index contributed by atoms with van der Waals surface area (Å²) in [6, 6.07) is 19.2. The molecule has 0 spiro atoms. The van der Waals surface area contributed by atoms with Crippen LogP contribution in [0.1, 0.15) is 28.4 Å². The number of hydrogen-bond acceptors (Lipinski definition) is 2. The van der Waals surface area contributed by atoms with Crippen molar-refractivity contribution in [2.45, 2.75) is 19.7 Å². The molecule has 3 rings (SSSR count). The lowest BCUT2D eigenvalue weighted by Gasteiger charge is -2.15. The van der Waals surface area contributed by atoms with E-state index in [2.05, 4.69) is 0 Å². The van der Waals surface area contributed by atoms with Gasteiger partial charge in [-0.15, -0.1) is 0 Å². The fourth-order valence-electron chi connectivity index (χ4n) is 2.72. The van der Waals surface area contributed by atoms with Crippen LogP contribution >= 0.6 is 0 Å². The van der Waals surface area contributed by atoms with Crippen LogP contribution in [0.3, 0.4) is 0 Å². The Bertz CT molecular complexity index is 930. The third kappa shape index (κ3) is 4.56. The average molecular weight is 370 g/mol. The molecule has 0 saturated carbocycles. The summed E-state index contributed by atoms with van der Waals surface area (Å²) in [6.07, 6.45) is -4.49. The van der Waals surface area contributed by atoms with Crippen LogP contribution in [0.15, 0.2) is 72.8 Å². The second-order valence-electron chi connectivity index (χ2n) is 6.11. The molecule has 2 nitrogen and oxygen atoms in total. The van der Waals surface area contributed by atoms with Crippen molar-refractivity contribution in [3.8, 4) is 16.9 Å². The first-order valence-corrected chi connectivity index (χ1v) is 8.34. The van der Waals surface area contributed by atoms with E-state index < -0.39 is 11.7 Å². The smallest absolute Gasteiger partial charge is 0.417 e. The monoisotopic (exact) mass is 370 g/mol. The lowest BCUT2D eigenvalue weighted by molar-refractivity contribution is -0.137. The third-order valence-corrected chi connectivity index (χ3v) is 4.15. The van der Waals surface area contributed by atoms with Gasteiger partial charge in [-0.05, 0) is 35.7 Å². The molecule has 0 aromatic heterocycles. The summed E-state index contributed by atoms with van der Waals surface area (Å²) in [7, 11) is 0. The zero-order valence-electron chi connectivity index (χ0n) is 14.6. The van der Waals surface area contributed by atoms with E-state index in [1.165, 1.54) is 19.1 Å². The highest BCUT2D eigenvalue weighted by molar-refractivity contribution is 5.94. The van der Waals surface area contributed by atoms with E-state index in [0.717, 1.165) is 11.6 Å². The van der Waals surface area contributed by atoms with Gasteiger partial charge in [-0.25, -0.2) is 0 Å². The maximum absolute atomic E-state index is 13.5. The highest BCUT2D eigenvalue weighted by Gasteiger charge is 2.34. The predicted molar refractivity (Wildman–Crippen MR) is 97.7 cm³/mol. The Kier molecular flexibility index (Phi) is 5.31. The van der Waals surface area contributed by atoms with Gasteiger partial charge in [0.15, 0.2) is 5.78 Å². The zero-order valence-corrected chi connectivity index (χ0v) is 14.6. The molecule has 0 atom stereocenters. The Balaban J connectivity index is 1.83. The van der Waals surface area contributed by atoms with Crippen molar-refractivity contribution in [3.63, 3.8) is 0 Å². The van der Waals surface area contributed by atoms with Gasteiger partial charge >= 0.3 is 6.18 Å². The van der Waals surface area contributed by atoms with E-state index >= 15 is 0 Å². The molecule has 0 fully saturated rings. The third-order valence-electron chi connectivity index (χ3n) is 4.15. The van der Waals surface area contributed by atoms with Crippen molar-refractivity contribution in [1.29, 1.82) is 0 Å². The minimum atomic E-state index is -4.49. The fraction of sp³-hybridized carbons (Fsp3) is 0.136. The predicted octanol–water partition coefficient (Wildman–Crippen LogP) is 6.15. The van der Waals surface area contributed by atoms with E-state index in [0.29, 0.717) is 11.1 Å². The van der Waals surface area contributed by atoms with Crippen molar-refractivity contribution < 1.29 is 22.7 Å². The molecule has 0 amide bonds. The molecular formula is C22H17F3O2. The van der Waals surface area contributed by atoms with Crippen LogP contribution in [0, 0.1) is 0 Å². The quantitative estimate of drug-likeness (QED) is 0.503. The maximum atomic E-state index is 13.5. The SMILES string of the molecule is CC(=O)c1ccc(COc2ccc(-c3ccccc3)c(C(F)(F)F)c2)cc1. The van der Waals surface area contributed by atoms with Gasteiger partial charge in [0.2, 0.25) is 0 Å². The van der Waals surface area contributed by atoms with Crippen molar-refractivity contribution in [2.24, 2.45) is 0 Å². The molecule has 0 bridgehead atoms. The second-order valence-corrected chi connectivity index (χ2v) is 6.11.